The summed E-state index contributed by atoms with van der Waals surface area (Å²) in [7, 11) is 0. The lowest BCUT2D eigenvalue weighted by atomic mass is 9.56. The maximum absolute atomic E-state index is 12.2. The van der Waals surface area contributed by atoms with Crippen LogP contribution in [0.1, 0.15) is 20.3 Å². The van der Waals surface area contributed by atoms with Crippen molar-refractivity contribution in [1.29, 1.82) is 0 Å². The minimum absolute atomic E-state index is 0.0309. The van der Waals surface area contributed by atoms with E-state index in [9.17, 15) is 4.79 Å². The van der Waals surface area contributed by atoms with Gasteiger partial charge in [0.1, 0.15) is 0 Å². The van der Waals surface area contributed by atoms with Gasteiger partial charge in [-0.25, -0.2) is 0 Å². The highest BCUT2D eigenvalue weighted by Crippen LogP contribution is 2.52. The van der Waals surface area contributed by atoms with Gasteiger partial charge < -0.3 is 5.53 Å². The van der Waals surface area contributed by atoms with Crippen LogP contribution in [0.25, 0.3) is 5.53 Å². The number of Topliss-reactive ketones (excluding diaryl/α,β-unsaturated/α-hetero) is 1. The summed E-state index contributed by atoms with van der Waals surface area (Å²) in [5, 5.41) is 0. The summed E-state index contributed by atoms with van der Waals surface area (Å²) < 4.78 is 0. The average Bonchev–Trinajstić information content (AvgIpc) is 2.73. The Kier molecular flexibility index (Phi) is 1.84. The molecular weight excluding hydrogens is 200 g/mol. The number of hydrogen-bond donors (Lipinski definition) is 0. The third-order valence-corrected chi connectivity index (χ3v) is 4.57. The van der Waals surface area contributed by atoms with Crippen molar-refractivity contribution in [3.05, 3.63) is 28.8 Å². The molecule has 4 aliphatic rings. The van der Waals surface area contributed by atoms with E-state index in [1.807, 2.05) is 6.92 Å². The zero-order chi connectivity index (χ0) is 11.4. The van der Waals surface area contributed by atoms with Crippen molar-refractivity contribution in [2.45, 2.75) is 20.3 Å². The number of hydrogen-bond acceptors (Lipinski definition) is 1. The van der Waals surface area contributed by atoms with E-state index >= 15 is 0 Å². The van der Waals surface area contributed by atoms with Gasteiger partial charge in [0.15, 0.2) is 0 Å². The van der Waals surface area contributed by atoms with Crippen molar-refractivity contribution >= 4 is 11.5 Å². The molecule has 0 aromatic heterocycles. The summed E-state index contributed by atoms with van der Waals surface area (Å²) >= 11 is 0. The minimum Gasteiger partial charge on any atom is -0.361 e. The summed E-state index contributed by atoms with van der Waals surface area (Å²) in [5.41, 5.74) is 11.8. The fraction of sp³-hybridized carbons (Fsp3) is 0.538. The number of allylic oxidation sites excluding steroid dienone is 4. The number of ketones is 1. The highest BCUT2D eigenvalue weighted by atomic mass is 16.1. The smallest absolute Gasteiger partial charge is 0.342 e. The SMILES string of the molecule is CC1=C(C)[C@@H]2C(=[N+]=[N-])C(=O)[C@H]1[C@@H]1C=CC[C@H]21. The van der Waals surface area contributed by atoms with Crippen molar-refractivity contribution in [3.8, 4) is 0 Å². The molecule has 0 unspecified atom stereocenters. The first-order chi connectivity index (χ1) is 7.66. The van der Waals surface area contributed by atoms with Crippen LogP contribution in [-0.4, -0.2) is 16.3 Å². The van der Waals surface area contributed by atoms with Gasteiger partial charge in [0.25, 0.3) is 0 Å². The van der Waals surface area contributed by atoms with Crippen LogP contribution in [0, 0.1) is 23.7 Å². The standard InChI is InChI=1S/C13H14N2O/c1-6-7(2)11-9-5-3-4-8(9)10(6)12(15-14)13(11)16/h3,5,8-11H,4H2,1-2H3/t8-,9+,10-,11+/m0/s1. The maximum atomic E-state index is 12.2. The summed E-state index contributed by atoms with van der Waals surface area (Å²) in [4.78, 5) is 15.4. The number of nitrogens with zero attached hydrogens (tertiary/aromatic N) is 2. The van der Waals surface area contributed by atoms with Crippen molar-refractivity contribution in [2.75, 3.05) is 0 Å². The molecule has 3 heteroatoms. The van der Waals surface area contributed by atoms with E-state index in [0.29, 0.717) is 17.5 Å². The molecule has 0 heterocycles. The Bertz CT molecular complexity index is 494. The monoisotopic (exact) mass is 214 g/mol. The lowest BCUT2D eigenvalue weighted by Gasteiger charge is -2.42. The van der Waals surface area contributed by atoms with Gasteiger partial charge in [0, 0.05) is 0 Å². The third kappa shape index (κ3) is 0.921. The molecule has 0 saturated heterocycles. The Labute approximate surface area is 94.5 Å². The van der Waals surface area contributed by atoms with E-state index in [1.54, 1.807) is 0 Å². The normalized spacial score (nSPS) is 40.4. The van der Waals surface area contributed by atoms with Crippen molar-refractivity contribution in [2.24, 2.45) is 23.7 Å². The Morgan fingerprint density at radius 2 is 2.00 bits per heavy atom. The van der Waals surface area contributed by atoms with E-state index in [-0.39, 0.29) is 17.6 Å². The fourth-order valence-corrected chi connectivity index (χ4v) is 3.71. The molecule has 0 radical (unpaired) electrons. The van der Waals surface area contributed by atoms with Gasteiger partial charge in [-0.1, -0.05) is 23.3 Å². The molecule has 2 bridgehead atoms. The molecule has 4 rings (SSSR count). The molecule has 4 aliphatic carbocycles. The molecule has 1 fully saturated rings. The van der Waals surface area contributed by atoms with Crippen molar-refractivity contribution < 1.29 is 9.58 Å². The second-order valence-corrected chi connectivity index (χ2v) is 5.08. The fourth-order valence-electron chi connectivity index (χ4n) is 3.71. The first-order valence-electron chi connectivity index (χ1n) is 5.77. The van der Waals surface area contributed by atoms with Crippen molar-refractivity contribution in [1.82, 2.24) is 0 Å². The van der Waals surface area contributed by atoms with Crippen LogP contribution >= 0.6 is 0 Å². The Morgan fingerprint density at radius 1 is 1.31 bits per heavy atom. The summed E-state index contributed by atoms with van der Waals surface area (Å²) in [6.45, 7) is 4.11. The molecule has 3 nitrogen and oxygen atoms in total. The van der Waals surface area contributed by atoms with Crippen LogP contribution in [0.3, 0.4) is 0 Å². The minimum atomic E-state index is -0.0698. The summed E-state index contributed by atoms with van der Waals surface area (Å²) in [5.74, 6) is 0.787. The van der Waals surface area contributed by atoms with Crippen LogP contribution in [0.4, 0.5) is 0 Å². The molecule has 0 N–H and O–H groups in total. The van der Waals surface area contributed by atoms with Gasteiger partial charge in [0.2, 0.25) is 5.78 Å². The van der Waals surface area contributed by atoms with Gasteiger partial charge in [-0.2, -0.15) is 4.79 Å². The van der Waals surface area contributed by atoms with Gasteiger partial charge in [-0.15, -0.1) is 0 Å². The van der Waals surface area contributed by atoms with Crippen LogP contribution < -0.4 is 0 Å². The van der Waals surface area contributed by atoms with Crippen LogP contribution in [-0.2, 0) is 4.79 Å². The van der Waals surface area contributed by atoms with Crippen LogP contribution in [0.2, 0.25) is 0 Å². The summed E-state index contributed by atoms with van der Waals surface area (Å²) in [6.07, 6.45) is 5.34. The van der Waals surface area contributed by atoms with Crippen LogP contribution in [0.15, 0.2) is 23.3 Å². The highest BCUT2D eigenvalue weighted by molar-refractivity contribution is 6.42. The Hall–Kier alpha value is -1.47. The molecule has 1 saturated carbocycles. The van der Waals surface area contributed by atoms with E-state index in [1.165, 1.54) is 11.1 Å². The number of carbonyl (C=O) groups excluding carboxylic acids is 1. The first-order valence-corrected chi connectivity index (χ1v) is 5.77. The number of fused-ring (bicyclic) bond motifs is 1. The summed E-state index contributed by atoms with van der Waals surface area (Å²) in [6, 6.07) is 0. The molecule has 0 aliphatic heterocycles. The Balaban J connectivity index is 2.24. The number of rotatable bonds is 0. The quantitative estimate of drug-likeness (QED) is 0.346. The molecule has 16 heavy (non-hydrogen) atoms. The largest absolute Gasteiger partial charge is 0.361 e. The zero-order valence-electron chi connectivity index (χ0n) is 9.47. The number of carbonyl (C=O) groups is 1. The lowest BCUT2D eigenvalue weighted by Crippen LogP contribution is -2.51. The van der Waals surface area contributed by atoms with Gasteiger partial charge in [-0.05, 0) is 32.1 Å². The molecule has 0 aromatic carbocycles. The van der Waals surface area contributed by atoms with E-state index < -0.39 is 0 Å². The third-order valence-electron chi connectivity index (χ3n) is 4.57. The van der Waals surface area contributed by atoms with E-state index in [0.717, 1.165) is 6.42 Å². The van der Waals surface area contributed by atoms with E-state index in [2.05, 4.69) is 23.9 Å². The highest BCUT2D eigenvalue weighted by Gasteiger charge is 2.57. The second-order valence-electron chi connectivity index (χ2n) is 5.08. The lowest BCUT2D eigenvalue weighted by molar-refractivity contribution is -0.125. The molecule has 4 atom stereocenters. The van der Waals surface area contributed by atoms with Gasteiger partial charge in [0.05, 0.1) is 11.8 Å². The van der Waals surface area contributed by atoms with Gasteiger partial charge >= 0.3 is 5.71 Å². The zero-order valence-corrected chi connectivity index (χ0v) is 9.47. The molecule has 82 valence electrons. The topological polar surface area (TPSA) is 53.5 Å². The molecule has 0 amide bonds. The maximum Gasteiger partial charge on any atom is 0.342 e. The predicted molar refractivity (Wildman–Crippen MR) is 59.7 cm³/mol. The molecule has 0 spiro atoms. The molecule has 0 aromatic rings. The van der Waals surface area contributed by atoms with Crippen LogP contribution in [0.5, 0.6) is 0 Å². The predicted octanol–water partition coefficient (Wildman–Crippen LogP) is 2.01. The van der Waals surface area contributed by atoms with Gasteiger partial charge in [-0.3, -0.25) is 4.79 Å². The first kappa shape index (κ1) is 9.73. The second kappa shape index (κ2) is 3.02. The van der Waals surface area contributed by atoms with Crippen molar-refractivity contribution in [3.63, 3.8) is 0 Å². The average molecular weight is 214 g/mol. The molecular formula is C13H14N2O. The Morgan fingerprint density at radius 3 is 2.69 bits per heavy atom. The van der Waals surface area contributed by atoms with E-state index in [4.69, 9.17) is 5.53 Å².